The number of aromatic nitrogens is 1. The normalized spacial score (nSPS) is 11.9. The Morgan fingerprint density at radius 1 is 1.68 bits per heavy atom. The number of methoxy groups -OCH3 is 1. The van der Waals surface area contributed by atoms with Gasteiger partial charge in [0.15, 0.2) is 0 Å². The lowest BCUT2D eigenvalue weighted by molar-refractivity contribution is -0.385. The molecule has 0 spiro atoms. The molecule has 0 aliphatic carbocycles. The molecule has 1 atom stereocenters. The van der Waals surface area contributed by atoms with E-state index in [1.807, 2.05) is 6.92 Å². The summed E-state index contributed by atoms with van der Waals surface area (Å²) < 4.78 is 4.93. The van der Waals surface area contributed by atoms with Gasteiger partial charge in [-0.15, -0.1) is 0 Å². The highest BCUT2D eigenvalue weighted by molar-refractivity contribution is 6.32. The quantitative estimate of drug-likeness (QED) is 0.488. The van der Waals surface area contributed by atoms with Gasteiger partial charge < -0.3 is 10.1 Å². The first kappa shape index (κ1) is 15.3. The topological polar surface area (TPSA) is 94.4 Å². The Bertz CT molecular complexity index is 481. The second-order valence-electron chi connectivity index (χ2n) is 4.03. The molecule has 0 aromatic carbocycles. The fraction of sp³-hybridized carbons (Fsp3) is 0.455. The number of rotatable bonds is 6. The van der Waals surface area contributed by atoms with Crippen molar-refractivity contribution < 1.29 is 14.5 Å². The van der Waals surface area contributed by atoms with Crippen molar-refractivity contribution in [3.8, 4) is 0 Å². The summed E-state index contributed by atoms with van der Waals surface area (Å²) in [5, 5.41) is 13.2. The fourth-order valence-electron chi connectivity index (χ4n) is 1.49. The van der Waals surface area contributed by atoms with Crippen molar-refractivity contribution in [2.45, 2.75) is 6.92 Å². The van der Waals surface area contributed by atoms with Gasteiger partial charge in [-0.05, 0) is 12.0 Å². The summed E-state index contributed by atoms with van der Waals surface area (Å²) in [7, 11) is 1.56. The fourth-order valence-corrected chi connectivity index (χ4v) is 1.72. The number of hydrogen-bond acceptors (Lipinski definition) is 5. The zero-order valence-electron chi connectivity index (χ0n) is 10.6. The molecule has 0 radical (unpaired) electrons. The van der Waals surface area contributed by atoms with Gasteiger partial charge in [0, 0.05) is 19.9 Å². The molecular weight excluding hydrogens is 274 g/mol. The zero-order chi connectivity index (χ0) is 14.4. The first-order valence-electron chi connectivity index (χ1n) is 5.53. The molecule has 0 bridgehead atoms. The van der Waals surface area contributed by atoms with Crippen molar-refractivity contribution in [3.05, 3.63) is 33.1 Å². The van der Waals surface area contributed by atoms with Crippen molar-refractivity contribution >= 4 is 23.2 Å². The Morgan fingerprint density at radius 3 is 2.95 bits per heavy atom. The van der Waals surface area contributed by atoms with Gasteiger partial charge in [-0.2, -0.15) is 0 Å². The van der Waals surface area contributed by atoms with E-state index in [-0.39, 0.29) is 16.6 Å². The number of nitrogens with one attached hydrogen (secondary N) is 1. The van der Waals surface area contributed by atoms with E-state index >= 15 is 0 Å². The van der Waals surface area contributed by atoms with Crippen molar-refractivity contribution in [1.82, 2.24) is 10.3 Å². The largest absolute Gasteiger partial charge is 0.384 e. The van der Waals surface area contributed by atoms with Crippen LogP contribution in [-0.4, -0.2) is 36.1 Å². The van der Waals surface area contributed by atoms with E-state index in [0.717, 1.165) is 0 Å². The first-order chi connectivity index (χ1) is 8.97. The Kier molecular flexibility index (Phi) is 5.65. The van der Waals surface area contributed by atoms with Crippen LogP contribution in [0.4, 0.5) is 5.69 Å². The molecule has 1 aromatic heterocycles. The average molecular weight is 288 g/mol. The van der Waals surface area contributed by atoms with Gasteiger partial charge in [-0.25, -0.2) is 4.98 Å². The average Bonchev–Trinajstić information content (AvgIpc) is 2.35. The second kappa shape index (κ2) is 7.01. The lowest BCUT2D eigenvalue weighted by Gasteiger charge is -2.11. The second-order valence-corrected chi connectivity index (χ2v) is 4.38. The molecule has 0 fully saturated rings. The summed E-state index contributed by atoms with van der Waals surface area (Å²) in [5.41, 5.74) is -0.587. The van der Waals surface area contributed by atoms with E-state index in [4.69, 9.17) is 16.3 Å². The van der Waals surface area contributed by atoms with Gasteiger partial charge in [0.25, 0.3) is 5.91 Å². The highest BCUT2D eigenvalue weighted by Crippen LogP contribution is 2.25. The molecule has 7 nitrogen and oxygen atoms in total. The Balaban J connectivity index is 2.83. The van der Waals surface area contributed by atoms with Crippen LogP contribution in [0.5, 0.6) is 0 Å². The number of ether oxygens (including phenoxy) is 1. The van der Waals surface area contributed by atoms with Gasteiger partial charge in [0.2, 0.25) is 5.15 Å². The Morgan fingerprint density at radius 2 is 2.37 bits per heavy atom. The number of carbonyl (C=O) groups excluding carboxylic acids is 1. The molecule has 19 heavy (non-hydrogen) atoms. The molecule has 1 rings (SSSR count). The lowest BCUT2D eigenvalue weighted by Crippen LogP contribution is -2.30. The van der Waals surface area contributed by atoms with Crippen LogP contribution >= 0.6 is 11.6 Å². The maximum absolute atomic E-state index is 11.9. The van der Waals surface area contributed by atoms with Crippen LogP contribution in [0, 0.1) is 16.0 Å². The molecule has 8 heteroatoms. The molecule has 104 valence electrons. The van der Waals surface area contributed by atoms with E-state index in [1.54, 1.807) is 7.11 Å². The molecule has 0 saturated heterocycles. The number of amides is 1. The van der Waals surface area contributed by atoms with Gasteiger partial charge in [-0.1, -0.05) is 18.5 Å². The van der Waals surface area contributed by atoms with Crippen molar-refractivity contribution in [1.29, 1.82) is 0 Å². The number of halogens is 1. The molecule has 1 aromatic rings. The Hall–Kier alpha value is -1.73. The summed E-state index contributed by atoms with van der Waals surface area (Å²) in [6, 6.07) is 1.26. The summed E-state index contributed by atoms with van der Waals surface area (Å²) in [6.45, 7) is 2.72. The van der Waals surface area contributed by atoms with E-state index in [9.17, 15) is 14.9 Å². The van der Waals surface area contributed by atoms with Crippen LogP contribution in [0.15, 0.2) is 12.3 Å². The molecule has 0 aliphatic rings. The molecule has 0 saturated carbocycles. The first-order valence-corrected chi connectivity index (χ1v) is 5.91. The zero-order valence-corrected chi connectivity index (χ0v) is 11.3. The minimum atomic E-state index is -0.719. The van der Waals surface area contributed by atoms with Crippen molar-refractivity contribution in [2.75, 3.05) is 20.3 Å². The smallest absolute Gasteiger partial charge is 0.319 e. The predicted molar refractivity (Wildman–Crippen MR) is 69.3 cm³/mol. The summed E-state index contributed by atoms with van der Waals surface area (Å²) in [4.78, 5) is 25.6. The third-order valence-electron chi connectivity index (χ3n) is 2.37. The monoisotopic (exact) mass is 287 g/mol. The van der Waals surface area contributed by atoms with Gasteiger partial charge in [-0.3, -0.25) is 14.9 Å². The van der Waals surface area contributed by atoms with Gasteiger partial charge >= 0.3 is 5.69 Å². The third kappa shape index (κ3) is 4.15. The molecule has 1 N–H and O–H groups in total. The highest BCUT2D eigenvalue weighted by atomic mass is 35.5. The maximum Gasteiger partial charge on any atom is 0.319 e. The number of nitrogens with zero attached hydrogens (tertiary/aromatic N) is 2. The number of carbonyl (C=O) groups is 1. The standard InChI is InChI=1S/C11H14ClN3O4/c1-7(6-19-2)5-14-11(16)8-3-4-13-10(12)9(8)15(17)18/h3-4,7H,5-6H2,1-2H3,(H,14,16). The van der Waals surface area contributed by atoms with E-state index in [2.05, 4.69) is 10.3 Å². The van der Waals surface area contributed by atoms with Crippen molar-refractivity contribution in [3.63, 3.8) is 0 Å². The van der Waals surface area contributed by atoms with Crippen LogP contribution in [0.1, 0.15) is 17.3 Å². The van der Waals surface area contributed by atoms with E-state index in [0.29, 0.717) is 13.2 Å². The summed E-state index contributed by atoms with van der Waals surface area (Å²) in [5.74, 6) is -0.454. The minimum Gasteiger partial charge on any atom is -0.384 e. The highest BCUT2D eigenvalue weighted by Gasteiger charge is 2.24. The Labute approximate surface area is 115 Å². The van der Waals surface area contributed by atoms with Crippen LogP contribution < -0.4 is 5.32 Å². The molecule has 1 heterocycles. The number of pyridine rings is 1. The molecular formula is C11H14ClN3O4. The third-order valence-corrected chi connectivity index (χ3v) is 2.65. The number of hydrogen-bond donors (Lipinski definition) is 1. The van der Waals surface area contributed by atoms with Gasteiger partial charge in [0.05, 0.1) is 11.5 Å². The van der Waals surface area contributed by atoms with E-state index < -0.39 is 16.5 Å². The predicted octanol–water partition coefficient (Wildman–Crippen LogP) is 1.66. The van der Waals surface area contributed by atoms with Crippen LogP contribution in [0.25, 0.3) is 0 Å². The van der Waals surface area contributed by atoms with E-state index in [1.165, 1.54) is 12.3 Å². The van der Waals surface area contributed by atoms with Crippen molar-refractivity contribution in [2.24, 2.45) is 5.92 Å². The molecule has 1 unspecified atom stereocenters. The van der Waals surface area contributed by atoms with Gasteiger partial charge in [0.1, 0.15) is 5.56 Å². The van der Waals surface area contributed by atoms with Crippen LogP contribution in [0.3, 0.4) is 0 Å². The SMILES string of the molecule is COCC(C)CNC(=O)c1ccnc(Cl)c1[N+](=O)[O-]. The van der Waals surface area contributed by atoms with Crippen LogP contribution in [0.2, 0.25) is 5.15 Å². The van der Waals surface area contributed by atoms with Crippen LogP contribution in [-0.2, 0) is 4.74 Å². The lowest BCUT2D eigenvalue weighted by atomic mass is 10.1. The maximum atomic E-state index is 11.9. The minimum absolute atomic E-state index is 0.102. The molecule has 1 amide bonds. The molecule has 0 aliphatic heterocycles. The summed E-state index contributed by atoms with van der Waals surface area (Å²) in [6.07, 6.45) is 1.25. The summed E-state index contributed by atoms with van der Waals surface area (Å²) >= 11 is 5.63. The number of nitro groups is 1.